The van der Waals surface area contributed by atoms with Crippen LogP contribution in [0.2, 0.25) is 0 Å². The number of benzene rings is 1. The van der Waals surface area contributed by atoms with Crippen LogP contribution in [0.4, 0.5) is 8.78 Å². The lowest BCUT2D eigenvalue weighted by atomic mass is 10.0. The third kappa shape index (κ3) is 3.24. The monoisotopic (exact) mass is 320 g/mol. The summed E-state index contributed by atoms with van der Waals surface area (Å²) in [6.45, 7) is -0.763. The minimum atomic E-state index is -2.74. The highest BCUT2D eigenvalue weighted by Gasteiger charge is 2.32. The average Bonchev–Trinajstić information content (AvgIpc) is 3.05. The van der Waals surface area contributed by atoms with Gasteiger partial charge in [0, 0.05) is 25.8 Å². The Labute approximate surface area is 133 Å². The summed E-state index contributed by atoms with van der Waals surface area (Å²) in [6.07, 6.45) is 1.13. The Kier molecular flexibility index (Phi) is 4.38. The van der Waals surface area contributed by atoms with Gasteiger partial charge in [0.15, 0.2) is 5.69 Å². The van der Waals surface area contributed by atoms with Crippen molar-refractivity contribution >= 4 is 5.91 Å². The molecule has 1 aliphatic heterocycles. The van der Waals surface area contributed by atoms with E-state index in [1.165, 1.54) is 6.07 Å². The van der Waals surface area contributed by atoms with Crippen LogP contribution in [0.1, 0.15) is 28.6 Å². The molecule has 0 unspecified atom stereocenters. The number of hydrogen-bond donors (Lipinski definition) is 0. The first kappa shape index (κ1) is 15.6. The third-order valence-corrected chi connectivity index (χ3v) is 4.06. The summed E-state index contributed by atoms with van der Waals surface area (Å²) in [5, 5.41) is 3.69. The molecule has 2 aromatic rings. The molecule has 1 fully saturated rings. The second kappa shape index (κ2) is 6.45. The van der Waals surface area contributed by atoms with Crippen LogP contribution in [-0.2, 0) is 0 Å². The van der Waals surface area contributed by atoms with Crippen LogP contribution in [0.3, 0.4) is 0 Å². The molecule has 7 heteroatoms. The predicted octanol–water partition coefficient (Wildman–Crippen LogP) is 2.41. The highest BCUT2D eigenvalue weighted by Crippen LogP contribution is 2.26. The smallest absolute Gasteiger partial charge is 0.328 e. The second-order valence-corrected chi connectivity index (χ2v) is 5.65. The molecular weight excluding hydrogens is 302 g/mol. The second-order valence-electron chi connectivity index (χ2n) is 5.65. The number of halogens is 2. The van der Waals surface area contributed by atoms with Gasteiger partial charge in [-0.25, -0.2) is 4.68 Å². The first-order chi connectivity index (χ1) is 11.1. The summed E-state index contributed by atoms with van der Waals surface area (Å²) >= 11 is 0. The Morgan fingerprint density at radius 3 is 2.61 bits per heavy atom. The van der Waals surface area contributed by atoms with Crippen molar-refractivity contribution in [1.82, 2.24) is 19.6 Å². The summed E-state index contributed by atoms with van der Waals surface area (Å²) in [4.78, 5) is 16.6. The normalized spacial score (nSPS) is 19.3. The first-order valence-corrected chi connectivity index (χ1v) is 7.44. The van der Waals surface area contributed by atoms with E-state index in [2.05, 4.69) is 10.00 Å². The van der Waals surface area contributed by atoms with Gasteiger partial charge in [0.2, 0.25) is 0 Å². The summed E-state index contributed by atoms with van der Waals surface area (Å²) in [5.41, 5.74) is 1.08. The molecule has 5 nitrogen and oxygen atoms in total. The van der Waals surface area contributed by atoms with Crippen molar-refractivity contribution in [2.24, 2.45) is 0 Å². The molecule has 0 aliphatic carbocycles. The Bertz CT molecular complexity index is 674. The zero-order valence-electron chi connectivity index (χ0n) is 12.8. The van der Waals surface area contributed by atoms with Gasteiger partial charge in [0.25, 0.3) is 5.91 Å². The van der Waals surface area contributed by atoms with Gasteiger partial charge in [0.1, 0.15) is 0 Å². The van der Waals surface area contributed by atoms with Gasteiger partial charge in [-0.15, -0.1) is 0 Å². The van der Waals surface area contributed by atoms with Gasteiger partial charge in [0.05, 0.1) is 6.04 Å². The molecule has 0 bridgehead atoms. The van der Waals surface area contributed by atoms with E-state index < -0.39 is 6.55 Å². The van der Waals surface area contributed by atoms with Crippen molar-refractivity contribution in [3.63, 3.8) is 0 Å². The number of amides is 1. The largest absolute Gasteiger partial charge is 0.333 e. The Morgan fingerprint density at radius 1 is 1.22 bits per heavy atom. The first-order valence-electron chi connectivity index (χ1n) is 7.44. The molecule has 1 aromatic heterocycles. The van der Waals surface area contributed by atoms with E-state index in [9.17, 15) is 13.6 Å². The minimum absolute atomic E-state index is 0.0517. The van der Waals surface area contributed by atoms with Gasteiger partial charge < -0.3 is 9.80 Å². The maximum absolute atomic E-state index is 12.7. The molecular formula is C16H18F2N4O. The van der Waals surface area contributed by atoms with Crippen molar-refractivity contribution in [2.45, 2.75) is 12.6 Å². The molecule has 3 rings (SSSR count). The number of alkyl halides is 2. The lowest BCUT2D eigenvalue weighted by molar-refractivity contribution is 0.0464. The highest BCUT2D eigenvalue weighted by atomic mass is 19.3. The number of likely N-dealkylation sites (N-methyl/N-ethyl adjacent to an activating group) is 1. The van der Waals surface area contributed by atoms with Crippen LogP contribution in [0.25, 0.3) is 0 Å². The Hall–Kier alpha value is -2.28. The van der Waals surface area contributed by atoms with E-state index in [4.69, 9.17) is 0 Å². The molecule has 0 saturated carbocycles. The van der Waals surface area contributed by atoms with E-state index in [1.807, 2.05) is 37.4 Å². The molecule has 1 aromatic carbocycles. The van der Waals surface area contributed by atoms with Gasteiger partial charge >= 0.3 is 6.55 Å². The summed E-state index contributed by atoms with van der Waals surface area (Å²) in [7, 11) is 2.00. The number of aromatic nitrogens is 2. The molecule has 23 heavy (non-hydrogen) atoms. The van der Waals surface area contributed by atoms with E-state index in [0.29, 0.717) is 17.8 Å². The molecule has 1 aliphatic rings. The molecule has 122 valence electrons. The molecule has 0 spiro atoms. The maximum atomic E-state index is 12.7. The number of rotatable bonds is 3. The van der Waals surface area contributed by atoms with Crippen LogP contribution in [0.5, 0.6) is 0 Å². The van der Waals surface area contributed by atoms with E-state index in [-0.39, 0.29) is 17.6 Å². The SMILES string of the molecule is CN1CCN(C(=O)c2ccn(C(F)F)n2)[C@@H](c2ccccc2)C1. The molecule has 1 saturated heterocycles. The quantitative estimate of drug-likeness (QED) is 0.872. The fourth-order valence-corrected chi connectivity index (χ4v) is 2.83. The molecule has 1 amide bonds. The number of hydrogen-bond acceptors (Lipinski definition) is 3. The van der Waals surface area contributed by atoms with Gasteiger partial charge in [-0.2, -0.15) is 13.9 Å². The topological polar surface area (TPSA) is 41.4 Å². The van der Waals surface area contributed by atoms with Crippen molar-refractivity contribution in [2.75, 3.05) is 26.7 Å². The summed E-state index contributed by atoms with van der Waals surface area (Å²) in [5.74, 6) is -0.314. The summed E-state index contributed by atoms with van der Waals surface area (Å²) < 4.78 is 25.8. The zero-order valence-corrected chi connectivity index (χ0v) is 12.8. The molecule has 2 heterocycles. The van der Waals surface area contributed by atoms with Crippen LogP contribution in [0, 0.1) is 0 Å². The zero-order chi connectivity index (χ0) is 16.4. The summed E-state index contributed by atoms with van der Waals surface area (Å²) in [6, 6.07) is 11.0. The Balaban J connectivity index is 1.87. The van der Waals surface area contributed by atoms with Gasteiger partial charge in [-0.05, 0) is 18.7 Å². The van der Waals surface area contributed by atoms with Crippen LogP contribution < -0.4 is 0 Å². The number of carbonyl (C=O) groups is 1. The van der Waals surface area contributed by atoms with Crippen molar-refractivity contribution in [3.05, 3.63) is 53.9 Å². The predicted molar refractivity (Wildman–Crippen MR) is 81.2 cm³/mol. The standard InChI is InChI=1S/C16H18F2N4O/c1-20-9-10-21(14(11-20)12-5-3-2-4-6-12)15(23)13-7-8-22(19-13)16(17)18/h2-8,14,16H,9-11H2,1H3/t14-/m1/s1. The highest BCUT2D eigenvalue weighted by molar-refractivity contribution is 5.92. The van der Waals surface area contributed by atoms with Crippen molar-refractivity contribution in [3.8, 4) is 0 Å². The van der Waals surface area contributed by atoms with E-state index in [0.717, 1.165) is 18.3 Å². The lowest BCUT2D eigenvalue weighted by Gasteiger charge is -2.40. The number of piperazine rings is 1. The van der Waals surface area contributed by atoms with Crippen molar-refractivity contribution in [1.29, 1.82) is 0 Å². The number of nitrogens with zero attached hydrogens (tertiary/aromatic N) is 4. The van der Waals surface area contributed by atoms with Crippen LogP contribution in [0.15, 0.2) is 42.6 Å². The van der Waals surface area contributed by atoms with E-state index in [1.54, 1.807) is 4.90 Å². The lowest BCUT2D eigenvalue weighted by Crippen LogP contribution is -2.49. The van der Waals surface area contributed by atoms with Crippen LogP contribution in [-0.4, -0.2) is 52.2 Å². The van der Waals surface area contributed by atoms with Crippen LogP contribution >= 0.6 is 0 Å². The third-order valence-electron chi connectivity index (χ3n) is 4.06. The fraction of sp³-hybridized carbons (Fsp3) is 0.375. The molecule has 0 radical (unpaired) electrons. The van der Waals surface area contributed by atoms with Crippen molar-refractivity contribution < 1.29 is 13.6 Å². The number of carbonyl (C=O) groups excluding carboxylic acids is 1. The van der Waals surface area contributed by atoms with Gasteiger partial charge in [-0.3, -0.25) is 4.79 Å². The molecule has 1 atom stereocenters. The average molecular weight is 320 g/mol. The van der Waals surface area contributed by atoms with E-state index >= 15 is 0 Å². The minimum Gasteiger partial charge on any atom is -0.328 e. The van der Waals surface area contributed by atoms with Gasteiger partial charge in [-0.1, -0.05) is 30.3 Å². The molecule has 0 N–H and O–H groups in total. The Morgan fingerprint density at radius 2 is 1.96 bits per heavy atom. The maximum Gasteiger partial charge on any atom is 0.333 e. The fourth-order valence-electron chi connectivity index (χ4n) is 2.83.